The van der Waals surface area contributed by atoms with E-state index in [4.69, 9.17) is 14.6 Å². The van der Waals surface area contributed by atoms with Gasteiger partial charge in [0.25, 0.3) is 5.92 Å². The molecule has 1 saturated heterocycles. The van der Waals surface area contributed by atoms with Crippen molar-refractivity contribution in [2.75, 3.05) is 6.61 Å². The van der Waals surface area contributed by atoms with Crippen LogP contribution in [0, 0.1) is 17.8 Å². The Morgan fingerprint density at radius 3 is 2.53 bits per heavy atom. The molecule has 2 fully saturated rings. The average molecular weight is 493 g/mol. The van der Waals surface area contributed by atoms with Crippen molar-refractivity contribution in [3.8, 4) is 0 Å². The highest BCUT2D eigenvalue weighted by molar-refractivity contribution is 5.66. The van der Waals surface area contributed by atoms with Gasteiger partial charge in [0.2, 0.25) is 0 Å². The monoisotopic (exact) mass is 492 g/mol. The third-order valence-corrected chi connectivity index (χ3v) is 7.72. The molecule has 1 aliphatic heterocycles. The first-order valence-electron chi connectivity index (χ1n) is 13.4. The molecule has 7 atom stereocenters. The molecule has 34 heavy (non-hydrogen) atoms. The SMILES string of the molecule is CC[C@H](C)CC(F)(F)C(O)CC[C@@H]1[C@@H](CCCCCCC(=O)O)[C@@H](O)C[C@H]1OC1CCCCO1. The van der Waals surface area contributed by atoms with E-state index in [9.17, 15) is 23.8 Å². The quantitative estimate of drug-likeness (QED) is 0.245. The van der Waals surface area contributed by atoms with Crippen molar-refractivity contribution in [3.63, 3.8) is 0 Å². The maximum absolute atomic E-state index is 14.6. The number of halogens is 2. The minimum Gasteiger partial charge on any atom is -0.481 e. The predicted octanol–water partition coefficient (Wildman–Crippen LogP) is 5.53. The zero-order chi connectivity index (χ0) is 25.1. The third kappa shape index (κ3) is 9.67. The number of unbranched alkanes of at least 4 members (excludes halogenated alkanes) is 3. The molecule has 1 saturated carbocycles. The third-order valence-electron chi connectivity index (χ3n) is 7.72. The van der Waals surface area contributed by atoms with E-state index in [2.05, 4.69) is 0 Å². The van der Waals surface area contributed by atoms with Gasteiger partial charge in [-0.05, 0) is 62.7 Å². The van der Waals surface area contributed by atoms with Crippen LogP contribution < -0.4 is 0 Å². The lowest BCUT2D eigenvalue weighted by molar-refractivity contribution is -0.197. The van der Waals surface area contributed by atoms with Gasteiger partial charge in [0, 0.05) is 25.9 Å². The summed E-state index contributed by atoms with van der Waals surface area (Å²) in [6.07, 6.45) is 5.12. The van der Waals surface area contributed by atoms with Crippen molar-refractivity contribution in [1.82, 2.24) is 0 Å². The Balaban J connectivity index is 1.96. The molecule has 0 aromatic heterocycles. The van der Waals surface area contributed by atoms with Crippen LogP contribution >= 0.6 is 0 Å². The summed E-state index contributed by atoms with van der Waals surface area (Å²) in [7, 11) is 0. The van der Waals surface area contributed by atoms with E-state index in [-0.39, 0.29) is 49.4 Å². The number of aliphatic hydroxyl groups excluding tert-OH is 2. The lowest BCUT2D eigenvalue weighted by atomic mass is 9.83. The first-order chi connectivity index (χ1) is 16.1. The van der Waals surface area contributed by atoms with Crippen molar-refractivity contribution in [1.29, 1.82) is 0 Å². The predicted molar refractivity (Wildman–Crippen MR) is 126 cm³/mol. The molecular weight excluding hydrogens is 446 g/mol. The van der Waals surface area contributed by atoms with Crippen molar-refractivity contribution in [3.05, 3.63) is 0 Å². The normalized spacial score (nSPS) is 29.8. The van der Waals surface area contributed by atoms with Gasteiger partial charge in [-0.15, -0.1) is 0 Å². The van der Waals surface area contributed by atoms with Gasteiger partial charge in [0.15, 0.2) is 6.29 Å². The van der Waals surface area contributed by atoms with E-state index in [0.717, 1.165) is 44.9 Å². The Kier molecular flexibility index (Phi) is 12.7. The van der Waals surface area contributed by atoms with Crippen LogP contribution in [0.4, 0.5) is 8.78 Å². The molecule has 0 amide bonds. The summed E-state index contributed by atoms with van der Waals surface area (Å²) < 4.78 is 41.1. The van der Waals surface area contributed by atoms with Crippen LogP contribution in [0.15, 0.2) is 0 Å². The molecule has 8 heteroatoms. The second-order valence-corrected chi connectivity index (χ2v) is 10.5. The fraction of sp³-hybridized carbons (Fsp3) is 0.962. The van der Waals surface area contributed by atoms with Gasteiger partial charge in [0.05, 0.1) is 12.2 Å². The van der Waals surface area contributed by atoms with Gasteiger partial charge in [-0.1, -0.05) is 39.5 Å². The fourth-order valence-electron chi connectivity index (χ4n) is 5.44. The second-order valence-electron chi connectivity index (χ2n) is 10.5. The molecule has 0 spiro atoms. The number of aliphatic hydroxyl groups is 2. The molecule has 0 aromatic rings. The number of ether oxygens (including phenoxy) is 2. The molecule has 0 bridgehead atoms. The smallest absolute Gasteiger partial charge is 0.303 e. The van der Waals surface area contributed by atoms with Crippen molar-refractivity contribution in [2.45, 2.75) is 134 Å². The zero-order valence-corrected chi connectivity index (χ0v) is 21.0. The number of carboxylic acids is 1. The number of carboxylic acid groups (broad SMARTS) is 1. The zero-order valence-electron chi connectivity index (χ0n) is 21.0. The van der Waals surface area contributed by atoms with Crippen LogP contribution in [0.5, 0.6) is 0 Å². The molecule has 2 aliphatic rings. The molecule has 6 nitrogen and oxygen atoms in total. The van der Waals surface area contributed by atoms with Crippen LogP contribution in [0.1, 0.15) is 104 Å². The van der Waals surface area contributed by atoms with Gasteiger partial charge in [0.1, 0.15) is 6.10 Å². The van der Waals surface area contributed by atoms with E-state index in [0.29, 0.717) is 32.3 Å². The molecule has 2 rings (SSSR count). The van der Waals surface area contributed by atoms with Gasteiger partial charge in [-0.3, -0.25) is 4.79 Å². The largest absolute Gasteiger partial charge is 0.481 e. The Morgan fingerprint density at radius 2 is 1.88 bits per heavy atom. The summed E-state index contributed by atoms with van der Waals surface area (Å²) in [5, 5.41) is 29.9. The van der Waals surface area contributed by atoms with E-state index < -0.39 is 24.1 Å². The Bertz CT molecular complexity index is 584. The van der Waals surface area contributed by atoms with Crippen molar-refractivity contribution < 1.29 is 38.4 Å². The molecule has 2 unspecified atom stereocenters. The van der Waals surface area contributed by atoms with Crippen molar-refractivity contribution >= 4 is 5.97 Å². The highest BCUT2D eigenvalue weighted by atomic mass is 19.3. The Hall–Kier alpha value is -0.830. The minimum absolute atomic E-state index is 0.0265. The number of hydrogen-bond acceptors (Lipinski definition) is 5. The first-order valence-corrected chi connectivity index (χ1v) is 13.4. The molecule has 200 valence electrons. The maximum atomic E-state index is 14.6. The van der Waals surface area contributed by atoms with Gasteiger partial charge in [-0.25, -0.2) is 8.78 Å². The maximum Gasteiger partial charge on any atom is 0.303 e. The standard InChI is InChI=1S/C26H46F2O6/c1-3-18(2)17-26(27,28)23(30)14-13-20-19(10-6-4-5-7-11-24(31)32)21(29)16-22(20)34-25-12-8-9-15-33-25/h18-23,25,29-30H,3-17H2,1-2H3,(H,31,32)/t18-,19+,20+,21-,22+,23?,25?/m0/s1. The lowest BCUT2D eigenvalue weighted by Gasteiger charge is -2.32. The average Bonchev–Trinajstić information content (AvgIpc) is 3.08. The molecule has 1 heterocycles. The second kappa shape index (κ2) is 14.7. The number of rotatable bonds is 16. The highest BCUT2D eigenvalue weighted by Gasteiger charge is 2.45. The first kappa shape index (κ1) is 29.4. The summed E-state index contributed by atoms with van der Waals surface area (Å²) in [6, 6.07) is 0. The Labute approximate surface area is 203 Å². The number of alkyl halides is 2. The van der Waals surface area contributed by atoms with Crippen LogP contribution in [0.3, 0.4) is 0 Å². The fourth-order valence-corrected chi connectivity index (χ4v) is 5.44. The summed E-state index contributed by atoms with van der Waals surface area (Å²) in [5.41, 5.74) is 0. The van der Waals surface area contributed by atoms with Gasteiger partial charge >= 0.3 is 5.97 Å². The molecule has 3 N–H and O–H groups in total. The van der Waals surface area contributed by atoms with Gasteiger partial charge < -0.3 is 24.8 Å². The lowest BCUT2D eigenvalue weighted by Crippen LogP contribution is -2.37. The molecule has 0 radical (unpaired) electrons. The topological polar surface area (TPSA) is 96.2 Å². The molecule has 1 aliphatic carbocycles. The van der Waals surface area contributed by atoms with E-state index in [1.54, 1.807) is 6.92 Å². The van der Waals surface area contributed by atoms with E-state index in [1.165, 1.54) is 0 Å². The van der Waals surface area contributed by atoms with Crippen LogP contribution in [0.25, 0.3) is 0 Å². The summed E-state index contributed by atoms with van der Waals surface area (Å²) in [6.45, 7) is 4.29. The molecular formula is C26H46F2O6. The number of hydrogen-bond donors (Lipinski definition) is 3. The van der Waals surface area contributed by atoms with Crippen molar-refractivity contribution in [2.24, 2.45) is 17.8 Å². The Morgan fingerprint density at radius 1 is 1.15 bits per heavy atom. The van der Waals surface area contributed by atoms with Crippen LogP contribution in [-0.4, -0.2) is 58.4 Å². The van der Waals surface area contributed by atoms with Crippen LogP contribution in [-0.2, 0) is 14.3 Å². The van der Waals surface area contributed by atoms with Gasteiger partial charge in [-0.2, -0.15) is 0 Å². The summed E-state index contributed by atoms with van der Waals surface area (Å²) in [5.74, 6) is -4.28. The number of aliphatic carboxylic acids is 1. The van der Waals surface area contributed by atoms with Crippen LogP contribution in [0.2, 0.25) is 0 Å². The number of carbonyl (C=O) groups is 1. The summed E-state index contributed by atoms with van der Waals surface area (Å²) in [4.78, 5) is 10.7. The minimum atomic E-state index is -3.13. The molecule has 0 aromatic carbocycles. The highest BCUT2D eigenvalue weighted by Crippen LogP contribution is 2.43. The van der Waals surface area contributed by atoms with E-state index in [1.807, 2.05) is 6.92 Å². The summed E-state index contributed by atoms with van der Waals surface area (Å²) >= 11 is 0. The van der Waals surface area contributed by atoms with E-state index >= 15 is 0 Å².